The van der Waals surface area contributed by atoms with E-state index in [0.717, 1.165) is 18.2 Å². The molecule has 20 heavy (non-hydrogen) atoms. The third-order valence-electron chi connectivity index (χ3n) is 2.69. The minimum atomic E-state index is -4.07. The molecule has 0 bridgehead atoms. The largest absolute Gasteiger partial charge is 0.480 e. The molecule has 2 nitrogen and oxygen atoms in total. The highest BCUT2D eigenvalue weighted by Gasteiger charge is 2.45. The summed E-state index contributed by atoms with van der Waals surface area (Å²) in [6.07, 6.45) is -6.45. The Hall–Kier alpha value is -0.530. The second kappa shape index (κ2) is 9.41. The molecule has 0 saturated heterocycles. The predicted octanol–water partition coefficient (Wildman–Crippen LogP) is 4.38. The number of thioether (sulfide) groups is 1. The van der Waals surface area contributed by atoms with Crippen molar-refractivity contribution in [2.45, 2.75) is 62.8 Å². The SMILES string of the molecule is CCCCC(SCCCC(F)(F)C(F)C(F)F)C(=O)O. The molecular formula is C12H19F5O2S. The highest BCUT2D eigenvalue weighted by atomic mass is 32.2. The van der Waals surface area contributed by atoms with Gasteiger partial charge in [0.25, 0.3) is 12.3 Å². The van der Waals surface area contributed by atoms with Crippen LogP contribution in [0, 0.1) is 0 Å². The lowest BCUT2D eigenvalue weighted by Crippen LogP contribution is -2.35. The topological polar surface area (TPSA) is 37.3 Å². The first-order chi connectivity index (χ1) is 9.22. The lowest BCUT2D eigenvalue weighted by Gasteiger charge is -2.20. The van der Waals surface area contributed by atoms with E-state index in [0.29, 0.717) is 12.8 Å². The normalized spacial score (nSPS) is 15.3. The van der Waals surface area contributed by atoms with Crippen LogP contribution in [0.1, 0.15) is 39.0 Å². The van der Waals surface area contributed by atoms with Crippen LogP contribution in [0.3, 0.4) is 0 Å². The Kier molecular flexibility index (Phi) is 9.16. The number of rotatable bonds is 11. The van der Waals surface area contributed by atoms with Gasteiger partial charge in [0.2, 0.25) is 6.17 Å². The molecule has 0 aromatic rings. The van der Waals surface area contributed by atoms with Crippen LogP contribution < -0.4 is 0 Å². The number of carboxylic acid groups (broad SMARTS) is 1. The lowest BCUT2D eigenvalue weighted by molar-refractivity contribution is -0.136. The molecule has 0 heterocycles. The number of alkyl halides is 5. The van der Waals surface area contributed by atoms with Crippen molar-refractivity contribution in [2.24, 2.45) is 0 Å². The molecule has 0 aliphatic rings. The van der Waals surface area contributed by atoms with Crippen LogP contribution in [0.25, 0.3) is 0 Å². The molecule has 0 aromatic carbocycles. The van der Waals surface area contributed by atoms with Gasteiger partial charge in [-0.05, 0) is 18.6 Å². The van der Waals surface area contributed by atoms with E-state index in [9.17, 15) is 26.7 Å². The Morgan fingerprint density at radius 3 is 2.30 bits per heavy atom. The third kappa shape index (κ3) is 7.31. The van der Waals surface area contributed by atoms with Gasteiger partial charge in [-0.15, -0.1) is 11.8 Å². The number of carbonyl (C=O) groups is 1. The average molecular weight is 322 g/mol. The summed E-state index contributed by atoms with van der Waals surface area (Å²) in [5, 5.41) is 8.20. The fourth-order valence-electron chi connectivity index (χ4n) is 1.52. The highest BCUT2D eigenvalue weighted by molar-refractivity contribution is 8.00. The summed E-state index contributed by atoms with van der Waals surface area (Å²) in [4.78, 5) is 10.9. The Morgan fingerprint density at radius 2 is 1.85 bits per heavy atom. The predicted molar refractivity (Wildman–Crippen MR) is 68.5 cm³/mol. The molecule has 0 spiro atoms. The first kappa shape index (κ1) is 19.5. The number of hydrogen-bond acceptors (Lipinski definition) is 2. The van der Waals surface area contributed by atoms with E-state index in [1.54, 1.807) is 0 Å². The Bertz CT molecular complexity index is 289. The van der Waals surface area contributed by atoms with E-state index < -0.39 is 36.2 Å². The van der Waals surface area contributed by atoms with Crippen molar-refractivity contribution in [2.75, 3.05) is 5.75 Å². The average Bonchev–Trinajstić information content (AvgIpc) is 2.36. The van der Waals surface area contributed by atoms with E-state index in [1.165, 1.54) is 0 Å². The molecule has 0 aliphatic carbocycles. The molecule has 2 atom stereocenters. The maximum atomic E-state index is 13.0. The molecule has 0 aromatic heterocycles. The van der Waals surface area contributed by atoms with Crippen LogP contribution in [0.5, 0.6) is 0 Å². The second-order valence-electron chi connectivity index (χ2n) is 4.44. The molecule has 0 rings (SSSR count). The minimum Gasteiger partial charge on any atom is -0.480 e. The van der Waals surface area contributed by atoms with Crippen LogP contribution in [0.4, 0.5) is 22.0 Å². The number of hydrogen-bond donors (Lipinski definition) is 1. The Labute approximate surface area is 119 Å². The molecule has 2 unspecified atom stereocenters. The fourth-order valence-corrected chi connectivity index (χ4v) is 2.59. The first-order valence-electron chi connectivity index (χ1n) is 6.36. The van der Waals surface area contributed by atoms with Crippen molar-refractivity contribution in [1.29, 1.82) is 0 Å². The van der Waals surface area contributed by atoms with Crippen molar-refractivity contribution >= 4 is 17.7 Å². The van der Waals surface area contributed by atoms with Gasteiger partial charge in [-0.25, -0.2) is 22.0 Å². The summed E-state index contributed by atoms with van der Waals surface area (Å²) >= 11 is 0.988. The van der Waals surface area contributed by atoms with E-state index in [-0.39, 0.29) is 12.2 Å². The van der Waals surface area contributed by atoms with Crippen molar-refractivity contribution in [3.8, 4) is 0 Å². The van der Waals surface area contributed by atoms with Gasteiger partial charge >= 0.3 is 5.97 Å². The highest BCUT2D eigenvalue weighted by Crippen LogP contribution is 2.32. The van der Waals surface area contributed by atoms with Gasteiger partial charge in [-0.2, -0.15) is 0 Å². The van der Waals surface area contributed by atoms with Crippen molar-refractivity contribution in [1.82, 2.24) is 0 Å². The Morgan fingerprint density at radius 1 is 1.25 bits per heavy atom. The van der Waals surface area contributed by atoms with Crippen molar-refractivity contribution < 1.29 is 31.9 Å². The smallest absolute Gasteiger partial charge is 0.316 e. The van der Waals surface area contributed by atoms with E-state index in [4.69, 9.17) is 5.11 Å². The Balaban J connectivity index is 4.07. The van der Waals surface area contributed by atoms with Crippen molar-refractivity contribution in [3.63, 3.8) is 0 Å². The first-order valence-corrected chi connectivity index (χ1v) is 7.41. The standard InChI is InChI=1S/C12H19F5O2S/c1-2-3-5-8(11(18)19)20-7-4-6-12(16,17)9(13)10(14)15/h8-10H,2-7H2,1H3,(H,18,19). The summed E-state index contributed by atoms with van der Waals surface area (Å²) < 4.78 is 62.3. The van der Waals surface area contributed by atoms with Crippen LogP contribution in [-0.4, -0.2) is 40.6 Å². The molecular weight excluding hydrogens is 303 g/mol. The molecule has 0 saturated carbocycles. The van der Waals surface area contributed by atoms with Gasteiger partial charge in [-0.1, -0.05) is 19.8 Å². The molecule has 0 aliphatic heterocycles. The lowest BCUT2D eigenvalue weighted by atomic mass is 10.1. The van der Waals surface area contributed by atoms with Crippen LogP contribution in [0.2, 0.25) is 0 Å². The summed E-state index contributed by atoms with van der Waals surface area (Å²) in [6, 6.07) is 0. The van der Waals surface area contributed by atoms with E-state index >= 15 is 0 Å². The molecule has 1 N–H and O–H groups in total. The number of aliphatic carboxylic acids is 1. The zero-order valence-corrected chi connectivity index (χ0v) is 11.9. The zero-order chi connectivity index (χ0) is 15.8. The zero-order valence-electron chi connectivity index (χ0n) is 11.1. The minimum absolute atomic E-state index is 0.0756. The summed E-state index contributed by atoms with van der Waals surface area (Å²) in [5.74, 6) is -5.02. The number of halogens is 5. The van der Waals surface area contributed by atoms with Gasteiger partial charge in [0.05, 0.1) is 0 Å². The van der Waals surface area contributed by atoms with Gasteiger partial charge in [0.1, 0.15) is 5.25 Å². The van der Waals surface area contributed by atoms with Crippen LogP contribution in [-0.2, 0) is 4.79 Å². The summed E-state index contributed by atoms with van der Waals surface area (Å²) in [7, 11) is 0. The quantitative estimate of drug-likeness (QED) is 0.453. The van der Waals surface area contributed by atoms with Gasteiger partial charge in [-0.3, -0.25) is 4.79 Å². The molecule has 120 valence electrons. The van der Waals surface area contributed by atoms with Crippen LogP contribution in [0.15, 0.2) is 0 Å². The molecule has 0 amide bonds. The number of carboxylic acids is 1. The van der Waals surface area contributed by atoms with E-state index in [2.05, 4.69) is 0 Å². The van der Waals surface area contributed by atoms with Gasteiger partial charge in [0, 0.05) is 6.42 Å². The maximum Gasteiger partial charge on any atom is 0.316 e. The molecule has 0 radical (unpaired) electrons. The maximum absolute atomic E-state index is 13.0. The van der Waals surface area contributed by atoms with Gasteiger partial charge < -0.3 is 5.11 Å². The fraction of sp³-hybridized carbons (Fsp3) is 0.917. The summed E-state index contributed by atoms with van der Waals surface area (Å²) in [6.45, 7) is 1.90. The van der Waals surface area contributed by atoms with E-state index in [1.807, 2.05) is 6.92 Å². The molecule has 0 fully saturated rings. The molecule has 8 heteroatoms. The van der Waals surface area contributed by atoms with Gasteiger partial charge in [0.15, 0.2) is 0 Å². The summed E-state index contributed by atoms with van der Waals surface area (Å²) in [5.41, 5.74) is 0. The third-order valence-corrected chi connectivity index (χ3v) is 4.06. The number of unbranched alkanes of at least 4 members (excludes halogenated alkanes) is 1. The van der Waals surface area contributed by atoms with Crippen molar-refractivity contribution in [3.05, 3.63) is 0 Å². The second-order valence-corrected chi connectivity index (χ2v) is 5.75. The monoisotopic (exact) mass is 322 g/mol. The van der Waals surface area contributed by atoms with Crippen LogP contribution >= 0.6 is 11.8 Å².